The Labute approximate surface area is 54.8 Å². The Balaban J connectivity index is 3.97. The van der Waals surface area contributed by atoms with Crippen LogP contribution in [0.25, 0.3) is 0 Å². The second-order valence-electron chi connectivity index (χ2n) is 1.35. The second-order valence-corrected chi connectivity index (χ2v) is 1.35. The first-order valence-corrected chi connectivity index (χ1v) is 2.62. The van der Waals surface area contributed by atoms with Gasteiger partial charge in [-0.1, -0.05) is 6.58 Å². The van der Waals surface area contributed by atoms with Gasteiger partial charge in [-0.25, -0.2) is 4.99 Å². The predicted molar refractivity (Wildman–Crippen MR) is 40.0 cm³/mol. The van der Waals surface area contributed by atoms with Crippen molar-refractivity contribution >= 4 is 6.34 Å². The molecule has 3 nitrogen and oxygen atoms in total. The summed E-state index contributed by atoms with van der Waals surface area (Å²) < 4.78 is 0. The molecule has 0 saturated heterocycles. The number of rotatable bonds is 3. The minimum atomic E-state index is 0.457. The highest BCUT2D eigenvalue weighted by atomic mass is 14.8. The largest absolute Gasteiger partial charge is 0.390 e. The van der Waals surface area contributed by atoms with Crippen molar-refractivity contribution in [2.45, 2.75) is 0 Å². The van der Waals surface area contributed by atoms with Crippen LogP contribution in [0.1, 0.15) is 0 Å². The molecule has 0 radical (unpaired) electrons. The topological polar surface area (TPSA) is 64.4 Å². The Morgan fingerprint density at radius 3 is 2.67 bits per heavy atom. The first-order chi connectivity index (χ1) is 4.35. The van der Waals surface area contributed by atoms with Crippen molar-refractivity contribution in [1.82, 2.24) is 0 Å². The molecule has 0 fully saturated rings. The van der Waals surface area contributed by atoms with Gasteiger partial charge in [0.15, 0.2) is 0 Å². The maximum Gasteiger partial charge on any atom is 0.0860 e. The number of hydrogen-bond donors (Lipinski definition) is 2. The third kappa shape index (κ3) is 3.49. The zero-order chi connectivity index (χ0) is 7.11. The molecule has 0 atom stereocenters. The van der Waals surface area contributed by atoms with Crippen molar-refractivity contribution in [2.24, 2.45) is 16.5 Å². The lowest BCUT2D eigenvalue weighted by Crippen LogP contribution is -1.95. The van der Waals surface area contributed by atoms with E-state index in [9.17, 15) is 0 Å². The van der Waals surface area contributed by atoms with E-state index >= 15 is 0 Å². The van der Waals surface area contributed by atoms with Gasteiger partial charge in [-0.15, -0.1) is 0 Å². The summed E-state index contributed by atoms with van der Waals surface area (Å²) in [6, 6.07) is 0. The van der Waals surface area contributed by atoms with Crippen LogP contribution in [0.15, 0.2) is 29.4 Å². The minimum absolute atomic E-state index is 0.457. The third-order valence-corrected chi connectivity index (χ3v) is 0.760. The van der Waals surface area contributed by atoms with Crippen molar-refractivity contribution in [3.05, 3.63) is 24.4 Å². The van der Waals surface area contributed by atoms with Crippen molar-refractivity contribution in [1.29, 1.82) is 0 Å². The molecule has 4 N–H and O–H groups in total. The van der Waals surface area contributed by atoms with Gasteiger partial charge in [0.1, 0.15) is 0 Å². The zero-order valence-corrected chi connectivity index (χ0v) is 5.25. The standard InChI is InChI=1S/C6H11N3/c1-2-6(3-4-7)9-5-8/h2-3,5H,1,4,7H2,(H2,8,9)/b6-3+. The van der Waals surface area contributed by atoms with Gasteiger partial charge in [0, 0.05) is 6.54 Å². The molecular formula is C6H11N3. The van der Waals surface area contributed by atoms with Gasteiger partial charge in [0.25, 0.3) is 0 Å². The van der Waals surface area contributed by atoms with Gasteiger partial charge in [-0.3, -0.25) is 0 Å². The number of nitrogens with two attached hydrogens (primary N) is 2. The summed E-state index contributed by atoms with van der Waals surface area (Å²) in [5.41, 5.74) is 10.9. The molecule has 0 aromatic rings. The quantitative estimate of drug-likeness (QED) is 0.317. The molecule has 0 aromatic heterocycles. The zero-order valence-electron chi connectivity index (χ0n) is 5.25. The Morgan fingerprint density at radius 2 is 2.33 bits per heavy atom. The van der Waals surface area contributed by atoms with Crippen LogP contribution in [0.4, 0.5) is 0 Å². The molecule has 0 bridgehead atoms. The highest BCUT2D eigenvalue weighted by molar-refractivity contribution is 5.54. The van der Waals surface area contributed by atoms with E-state index < -0.39 is 0 Å². The van der Waals surface area contributed by atoms with Crippen LogP contribution in [0.3, 0.4) is 0 Å². The summed E-state index contributed by atoms with van der Waals surface area (Å²) in [5.74, 6) is 0. The average molecular weight is 125 g/mol. The van der Waals surface area contributed by atoms with Gasteiger partial charge < -0.3 is 11.5 Å². The van der Waals surface area contributed by atoms with Gasteiger partial charge in [-0.2, -0.15) is 0 Å². The molecule has 0 unspecified atom stereocenters. The fourth-order valence-electron chi connectivity index (χ4n) is 0.396. The molecule has 9 heavy (non-hydrogen) atoms. The van der Waals surface area contributed by atoms with Crippen LogP contribution in [0, 0.1) is 0 Å². The van der Waals surface area contributed by atoms with Crippen LogP contribution in [0.5, 0.6) is 0 Å². The molecule has 0 aliphatic rings. The molecule has 0 amide bonds. The van der Waals surface area contributed by atoms with E-state index in [2.05, 4.69) is 11.6 Å². The molecule has 0 aliphatic heterocycles. The van der Waals surface area contributed by atoms with E-state index in [0.717, 1.165) is 0 Å². The lowest BCUT2D eigenvalue weighted by Gasteiger charge is -1.87. The van der Waals surface area contributed by atoms with E-state index in [1.54, 1.807) is 12.2 Å². The Kier molecular flexibility index (Phi) is 4.44. The summed E-state index contributed by atoms with van der Waals surface area (Å²) in [7, 11) is 0. The summed E-state index contributed by atoms with van der Waals surface area (Å²) in [6.45, 7) is 3.96. The first-order valence-electron chi connectivity index (χ1n) is 2.62. The second kappa shape index (κ2) is 5.05. The van der Waals surface area contributed by atoms with Gasteiger partial charge in [0.05, 0.1) is 12.0 Å². The molecule has 0 spiro atoms. The van der Waals surface area contributed by atoms with Crippen molar-refractivity contribution in [3.63, 3.8) is 0 Å². The van der Waals surface area contributed by atoms with E-state index in [1.807, 2.05) is 0 Å². The summed E-state index contributed by atoms with van der Waals surface area (Å²) >= 11 is 0. The normalized spacial score (nSPS) is 12.3. The number of nitrogens with zero attached hydrogens (tertiary/aromatic N) is 1. The number of hydrogen-bond acceptors (Lipinski definition) is 2. The minimum Gasteiger partial charge on any atom is -0.390 e. The van der Waals surface area contributed by atoms with Gasteiger partial charge in [0.2, 0.25) is 0 Å². The van der Waals surface area contributed by atoms with Crippen molar-refractivity contribution in [2.75, 3.05) is 6.54 Å². The van der Waals surface area contributed by atoms with E-state index in [0.29, 0.717) is 12.2 Å². The average Bonchev–Trinajstić information content (AvgIpc) is 1.88. The predicted octanol–water partition coefficient (Wildman–Crippen LogP) is 0.00200. The fourth-order valence-corrected chi connectivity index (χ4v) is 0.396. The SMILES string of the molecule is C=C/C(=C\CN)N=CN. The van der Waals surface area contributed by atoms with Crippen LogP contribution in [-0.4, -0.2) is 12.9 Å². The summed E-state index contributed by atoms with van der Waals surface area (Å²) in [6.07, 6.45) is 4.54. The number of aliphatic imine (C=N–C) groups is 1. The molecule has 0 aromatic carbocycles. The molecular weight excluding hydrogens is 114 g/mol. The molecule has 0 saturated carbocycles. The monoisotopic (exact) mass is 125 g/mol. The highest BCUT2D eigenvalue weighted by Gasteiger charge is 1.79. The molecule has 50 valence electrons. The third-order valence-electron chi connectivity index (χ3n) is 0.760. The van der Waals surface area contributed by atoms with Crippen molar-refractivity contribution < 1.29 is 0 Å². The smallest absolute Gasteiger partial charge is 0.0860 e. The fraction of sp³-hybridized carbons (Fsp3) is 0.167. The molecule has 0 aliphatic carbocycles. The molecule has 0 rings (SSSR count). The Morgan fingerprint density at radius 1 is 1.67 bits per heavy atom. The first kappa shape index (κ1) is 7.91. The van der Waals surface area contributed by atoms with Gasteiger partial charge in [-0.05, 0) is 12.2 Å². The highest BCUT2D eigenvalue weighted by Crippen LogP contribution is 1.93. The van der Waals surface area contributed by atoms with Gasteiger partial charge >= 0.3 is 0 Å². The maximum absolute atomic E-state index is 5.20. The van der Waals surface area contributed by atoms with E-state index in [4.69, 9.17) is 11.5 Å². The summed E-state index contributed by atoms with van der Waals surface area (Å²) in [4.78, 5) is 3.75. The van der Waals surface area contributed by atoms with Crippen LogP contribution >= 0.6 is 0 Å². The maximum atomic E-state index is 5.20. The van der Waals surface area contributed by atoms with Crippen LogP contribution in [-0.2, 0) is 0 Å². The van der Waals surface area contributed by atoms with E-state index in [1.165, 1.54) is 6.34 Å². The lowest BCUT2D eigenvalue weighted by atomic mass is 10.4. The van der Waals surface area contributed by atoms with Crippen LogP contribution in [0.2, 0.25) is 0 Å². The van der Waals surface area contributed by atoms with E-state index in [-0.39, 0.29) is 0 Å². The van der Waals surface area contributed by atoms with Crippen LogP contribution < -0.4 is 11.5 Å². The van der Waals surface area contributed by atoms with Crippen molar-refractivity contribution in [3.8, 4) is 0 Å². The Hall–Kier alpha value is -1.09. The Bertz CT molecular complexity index is 135. The number of allylic oxidation sites excluding steroid dienone is 1. The molecule has 0 heterocycles. The lowest BCUT2D eigenvalue weighted by molar-refractivity contribution is 1.22. The summed E-state index contributed by atoms with van der Waals surface area (Å²) in [5, 5.41) is 0. The molecule has 3 heteroatoms.